The number of rotatable bonds is 14. The third-order valence-corrected chi connectivity index (χ3v) is 7.18. The summed E-state index contributed by atoms with van der Waals surface area (Å²) < 4.78 is 0. The molecule has 214 valence electrons. The summed E-state index contributed by atoms with van der Waals surface area (Å²) in [6, 6.07) is 14.0. The lowest BCUT2D eigenvalue weighted by atomic mass is 10.1. The van der Waals surface area contributed by atoms with Crippen molar-refractivity contribution >= 4 is 0 Å². The molecule has 8 heteroatoms. The number of aryl methyl sites for hydroxylation is 2. The van der Waals surface area contributed by atoms with Crippen LogP contribution in [-0.2, 0) is 12.8 Å². The van der Waals surface area contributed by atoms with Crippen LogP contribution in [0.15, 0.2) is 73.4 Å². The lowest BCUT2D eigenvalue weighted by Crippen LogP contribution is -2.05. The molecule has 0 bridgehead atoms. The molecule has 0 fully saturated rings. The van der Waals surface area contributed by atoms with Gasteiger partial charge < -0.3 is 0 Å². The van der Waals surface area contributed by atoms with E-state index >= 15 is 0 Å². The molecular formula is C34H38N8. The smallest absolute Gasteiger partial charge is 0.201 e. The monoisotopic (exact) mass is 558 g/mol. The summed E-state index contributed by atoms with van der Waals surface area (Å²) in [7, 11) is 0. The van der Waals surface area contributed by atoms with E-state index in [0.29, 0.717) is 29.1 Å². The molecular weight excluding hydrogens is 520 g/mol. The Morgan fingerprint density at radius 3 is 1.43 bits per heavy atom. The maximum atomic E-state index is 4.75. The third kappa shape index (κ3) is 7.84. The van der Waals surface area contributed by atoms with Crippen LogP contribution in [0.3, 0.4) is 0 Å². The Labute approximate surface area is 248 Å². The van der Waals surface area contributed by atoms with Crippen LogP contribution in [0.2, 0.25) is 0 Å². The molecule has 5 aromatic rings. The number of nitrogens with zero attached hydrogens (tertiary/aromatic N) is 8. The maximum absolute atomic E-state index is 4.75. The third-order valence-electron chi connectivity index (χ3n) is 7.18. The highest BCUT2D eigenvalue weighted by Gasteiger charge is 2.16. The van der Waals surface area contributed by atoms with E-state index < -0.39 is 0 Å². The van der Waals surface area contributed by atoms with Crippen molar-refractivity contribution in [2.75, 3.05) is 0 Å². The van der Waals surface area contributed by atoms with Gasteiger partial charge in [-0.3, -0.25) is 4.98 Å². The van der Waals surface area contributed by atoms with Crippen molar-refractivity contribution < 1.29 is 0 Å². The van der Waals surface area contributed by atoms with Crippen molar-refractivity contribution in [3.63, 3.8) is 0 Å². The average molecular weight is 559 g/mol. The Balaban J connectivity index is 1.44. The van der Waals surface area contributed by atoms with Gasteiger partial charge in [-0.1, -0.05) is 82.7 Å². The fourth-order valence-electron chi connectivity index (χ4n) is 4.72. The summed E-state index contributed by atoms with van der Waals surface area (Å²) in [4.78, 5) is 37.3. The molecule has 0 saturated carbocycles. The number of aromatic nitrogens is 8. The number of unbranched alkanes of at least 4 members (excludes halogenated alkanes) is 6. The van der Waals surface area contributed by atoms with E-state index in [-0.39, 0.29) is 0 Å². The molecule has 0 amide bonds. The molecule has 0 unspecified atom stereocenters. The van der Waals surface area contributed by atoms with Crippen LogP contribution in [0.5, 0.6) is 0 Å². The highest BCUT2D eigenvalue weighted by Crippen LogP contribution is 2.24. The Kier molecular flexibility index (Phi) is 10.3. The van der Waals surface area contributed by atoms with Crippen molar-refractivity contribution in [3.05, 3.63) is 84.6 Å². The molecule has 0 aliphatic rings. The zero-order valence-corrected chi connectivity index (χ0v) is 24.6. The molecule has 5 rings (SSSR count). The Morgan fingerprint density at radius 2 is 0.952 bits per heavy atom. The largest absolute Gasteiger partial charge is 0.255 e. The molecule has 0 radical (unpaired) electrons. The molecule has 0 aliphatic heterocycles. The van der Waals surface area contributed by atoms with Gasteiger partial charge in [-0.2, -0.15) is 0 Å². The van der Waals surface area contributed by atoms with E-state index in [1.54, 1.807) is 6.20 Å². The highest BCUT2D eigenvalue weighted by atomic mass is 15.1. The van der Waals surface area contributed by atoms with Gasteiger partial charge in [0.1, 0.15) is 0 Å². The summed E-state index contributed by atoms with van der Waals surface area (Å²) in [5.74, 6) is 2.12. The number of pyridine rings is 1. The predicted octanol–water partition coefficient (Wildman–Crippen LogP) is 7.76. The molecule has 4 aromatic heterocycles. The zero-order valence-electron chi connectivity index (χ0n) is 24.6. The summed E-state index contributed by atoms with van der Waals surface area (Å²) >= 11 is 0. The number of hydrogen-bond acceptors (Lipinski definition) is 8. The molecule has 0 saturated heterocycles. The van der Waals surface area contributed by atoms with Gasteiger partial charge in [0.05, 0.1) is 5.69 Å². The van der Waals surface area contributed by atoms with E-state index in [2.05, 4.69) is 38.8 Å². The van der Waals surface area contributed by atoms with Gasteiger partial charge in [0.25, 0.3) is 0 Å². The topological polar surface area (TPSA) is 103 Å². The minimum atomic E-state index is 0.381. The van der Waals surface area contributed by atoms with Crippen LogP contribution in [0.25, 0.3) is 45.9 Å². The molecule has 42 heavy (non-hydrogen) atoms. The predicted molar refractivity (Wildman–Crippen MR) is 166 cm³/mol. The Morgan fingerprint density at radius 1 is 0.429 bits per heavy atom. The van der Waals surface area contributed by atoms with E-state index in [9.17, 15) is 0 Å². The summed E-state index contributed by atoms with van der Waals surface area (Å²) in [5.41, 5.74) is 4.92. The lowest BCUT2D eigenvalue weighted by molar-refractivity contribution is 0.665. The van der Waals surface area contributed by atoms with Crippen molar-refractivity contribution in [1.29, 1.82) is 0 Å². The van der Waals surface area contributed by atoms with Crippen LogP contribution >= 0.6 is 0 Å². The first-order valence-electron chi connectivity index (χ1n) is 15.1. The van der Waals surface area contributed by atoms with Crippen LogP contribution in [0, 0.1) is 0 Å². The van der Waals surface area contributed by atoms with E-state index in [4.69, 9.17) is 15.0 Å². The van der Waals surface area contributed by atoms with Gasteiger partial charge >= 0.3 is 0 Å². The average Bonchev–Trinajstić information content (AvgIpc) is 3.06. The second-order valence-electron chi connectivity index (χ2n) is 10.6. The molecule has 8 nitrogen and oxygen atoms in total. The van der Waals surface area contributed by atoms with Crippen LogP contribution in [0.4, 0.5) is 0 Å². The van der Waals surface area contributed by atoms with Gasteiger partial charge in [-0.15, -0.1) is 0 Å². The van der Waals surface area contributed by atoms with Crippen LogP contribution in [0.1, 0.15) is 76.3 Å². The van der Waals surface area contributed by atoms with Crippen molar-refractivity contribution in [2.45, 2.75) is 78.1 Å². The van der Waals surface area contributed by atoms with Crippen LogP contribution < -0.4 is 0 Å². The second kappa shape index (κ2) is 15.0. The molecule has 0 N–H and O–H groups in total. The first-order chi connectivity index (χ1) is 20.7. The van der Waals surface area contributed by atoms with Gasteiger partial charge in [0.2, 0.25) is 11.6 Å². The summed E-state index contributed by atoms with van der Waals surface area (Å²) in [6.45, 7) is 4.44. The quantitative estimate of drug-likeness (QED) is 0.127. The molecule has 0 spiro atoms. The first kappa shape index (κ1) is 29.0. The number of benzene rings is 1. The minimum Gasteiger partial charge on any atom is -0.255 e. The lowest BCUT2D eigenvalue weighted by Gasteiger charge is -2.08. The van der Waals surface area contributed by atoms with E-state index in [1.807, 2.05) is 67.3 Å². The SMILES string of the molecule is CCCCCCc1cnc(-c2nc(-c3ccc(-c4ccccc4)nc3)nc(-c3ncc(CCCCCC)cn3)n2)nc1. The van der Waals surface area contributed by atoms with Gasteiger partial charge in [-0.25, -0.2) is 34.9 Å². The Bertz CT molecular complexity index is 1450. The maximum Gasteiger partial charge on any atom is 0.201 e. The first-order valence-corrected chi connectivity index (χ1v) is 15.1. The van der Waals surface area contributed by atoms with Gasteiger partial charge in [0, 0.05) is 42.1 Å². The van der Waals surface area contributed by atoms with Gasteiger partial charge in [-0.05, 0) is 48.9 Å². The standard InChI is InChI=1S/C34H38N8/c1-3-5-7-10-14-25-20-36-31(37-21-25)33-40-30(28-18-19-29(35-24-28)27-16-12-9-13-17-27)41-34(42-33)32-38-22-26(23-39-32)15-11-8-6-4-2/h9,12-13,16-24H,3-8,10-11,14-15H2,1-2H3. The highest BCUT2D eigenvalue weighted by molar-refractivity contribution is 5.65. The summed E-state index contributed by atoms with van der Waals surface area (Å²) in [6.07, 6.45) is 20.8. The van der Waals surface area contributed by atoms with Crippen molar-refractivity contribution in [3.8, 4) is 45.9 Å². The minimum absolute atomic E-state index is 0.381. The number of hydrogen-bond donors (Lipinski definition) is 0. The fraction of sp³-hybridized carbons (Fsp3) is 0.353. The molecule has 0 atom stereocenters. The molecule has 4 heterocycles. The molecule has 1 aromatic carbocycles. The van der Waals surface area contributed by atoms with Crippen molar-refractivity contribution in [2.24, 2.45) is 0 Å². The second-order valence-corrected chi connectivity index (χ2v) is 10.6. The van der Waals surface area contributed by atoms with Gasteiger partial charge in [0.15, 0.2) is 17.5 Å². The zero-order chi connectivity index (χ0) is 29.0. The molecule has 0 aliphatic carbocycles. The summed E-state index contributed by atoms with van der Waals surface area (Å²) in [5, 5.41) is 0. The van der Waals surface area contributed by atoms with E-state index in [1.165, 1.54) is 38.5 Å². The normalized spacial score (nSPS) is 11.1. The fourth-order valence-corrected chi connectivity index (χ4v) is 4.72. The Hall–Kier alpha value is -4.46. The van der Waals surface area contributed by atoms with Crippen molar-refractivity contribution in [1.82, 2.24) is 39.9 Å². The van der Waals surface area contributed by atoms with E-state index in [0.717, 1.165) is 53.6 Å². The van der Waals surface area contributed by atoms with Crippen LogP contribution in [-0.4, -0.2) is 39.9 Å².